The molecule has 2 unspecified atom stereocenters. The van der Waals surface area contributed by atoms with Gasteiger partial charge < -0.3 is 5.32 Å². The quantitative estimate of drug-likeness (QED) is 0.799. The van der Waals surface area contributed by atoms with E-state index in [1.54, 1.807) is 7.05 Å². The van der Waals surface area contributed by atoms with Gasteiger partial charge in [0.05, 0.1) is 0 Å². The van der Waals surface area contributed by atoms with Crippen LogP contribution in [0.1, 0.15) is 31.4 Å². The fourth-order valence-corrected chi connectivity index (χ4v) is 2.37. The van der Waals surface area contributed by atoms with Gasteiger partial charge in [0.25, 0.3) is 0 Å². The molecule has 0 aliphatic heterocycles. The first kappa shape index (κ1) is 12.4. The Morgan fingerprint density at radius 1 is 1.12 bits per heavy atom. The lowest BCUT2D eigenvalue weighted by atomic mass is 9.90. The van der Waals surface area contributed by atoms with Crippen molar-refractivity contribution in [2.75, 3.05) is 7.05 Å². The van der Waals surface area contributed by atoms with Gasteiger partial charge in [0.15, 0.2) is 11.6 Å². The topological polar surface area (TPSA) is 12.0 Å². The zero-order valence-electron chi connectivity index (χ0n) is 9.93. The average molecular weight is 243 g/mol. The van der Waals surface area contributed by atoms with Crippen molar-refractivity contribution in [3.05, 3.63) is 35.1 Å². The lowest BCUT2D eigenvalue weighted by Gasteiger charge is -2.24. The number of nitrogens with one attached hydrogen (secondary N) is 1. The molecule has 2 atom stereocenters. The fraction of sp³-hybridized carbons (Fsp3) is 0.538. The largest absolute Gasteiger partial charge is 0.313 e. The summed E-state index contributed by atoms with van der Waals surface area (Å²) in [7, 11) is 1.71. The highest BCUT2D eigenvalue weighted by atomic mass is 19.2. The van der Waals surface area contributed by atoms with Crippen LogP contribution in [-0.2, 0) is 0 Å². The zero-order chi connectivity index (χ0) is 12.6. The lowest BCUT2D eigenvalue weighted by molar-refractivity contribution is 0.355. The standard InChI is InChI=1S/C13H16F3N/c1-7(8-3-4-8)13(17-2)9-5-11(15)12(16)6-10(9)14/h5-8,13,17H,3-4H2,1-2H3. The molecule has 0 radical (unpaired) electrons. The molecule has 0 heterocycles. The number of halogens is 3. The monoisotopic (exact) mass is 243 g/mol. The van der Waals surface area contributed by atoms with Gasteiger partial charge in [0.1, 0.15) is 5.82 Å². The third-order valence-electron chi connectivity index (χ3n) is 3.58. The first-order valence-corrected chi connectivity index (χ1v) is 5.86. The van der Waals surface area contributed by atoms with Crippen molar-refractivity contribution in [3.8, 4) is 0 Å². The molecule has 0 aromatic heterocycles. The molecule has 1 aromatic rings. The van der Waals surface area contributed by atoms with Gasteiger partial charge in [-0.2, -0.15) is 0 Å². The lowest BCUT2D eigenvalue weighted by Crippen LogP contribution is -2.26. The molecule has 94 valence electrons. The van der Waals surface area contributed by atoms with Gasteiger partial charge in [-0.25, -0.2) is 13.2 Å². The second-order valence-corrected chi connectivity index (χ2v) is 4.75. The van der Waals surface area contributed by atoms with Crippen molar-refractivity contribution in [3.63, 3.8) is 0 Å². The molecule has 0 spiro atoms. The van der Waals surface area contributed by atoms with E-state index in [0.29, 0.717) is 12.0 Å². The molecule has 1 fully saturated rings. The van der Waals surface area contributed by atoms with Gasteiger partial charge in [-0.15, -0.1) is 0 Å². The number of benzene rings is 1. The Morgan fingerprint density at radius 2 is 1.71 bits per heavy atom. The summed E-state index contributed by atoms with van der Waals surface area (Å²) >= 11 is 0. The van der Waals surface area contributed by atoms with Crippen molar-refractivity contribution in [2.24, 2.45) is 11.8 Å². The van der Waals surface area contributed by atoms with Crippen LogP contribution in [0, 0.1) is 29.3 Å². The Kier molecular flexibility index (Phi) is 3.43. The Morgan fingerprint density at radius 3 is 2.24 bits per heavy atom. The van der Waals surface area contributed by atoms with E-state index in [1.807, 2.05) is 6.92 Å². The molecule has 1 N–H and O–H groups in total. The predicted octanol–water partition coefficient (Wildman–Crippen LogP) is 3.41. The molecule has 0 bridgehead atoms. The second kappa shape index (κ2) is 4.69. The maximum absolute atomic E-state index is 13.7. The molecule has 1 nitrogen and oxygen atoms in total. The predicted molar refractivity (Wildman–Crippen MR) is 60.0 cm³/mol. The Balaban J connectivity index is 2.32. The summed E-state index contributed by atoms with van der Waals surface area (Å²) in [5.41, 5.74) is 0.214. The minimum Gasteiger partial charge on any atom is -0.313 e. The zero-order valence-corrected chi connectivity index (χ0v) is 9.93. The summed E-state index contributed by atoms with van der Waals surface area (Å²) in [6.45, 7) is 2.01. The van der Waals surface area contributed by atoms with Gasteiger partial charge in [-0.3, -0.25) is 0 Å². The number of hydrogen-bond acceptors (Lipinski definition) is 1. The van der Waals surface area contributed by atoms with Crippen molar-refractivity contribution < 1.29 is 13.2 Å². The van der Waals surface area contributed by atoms with E-state index < -0.39 is 17.5 Å². The van der Waals surface area contributed by atoms with Gasteiger partial charge >= 0.3 is 0 Å². The number of rotatable bonds is 4. The minimum atomic E-state index is -1.14. The summed E-state index contributed by atoms with van der Waals surface area (Å²) in [4.78, 5) is 0. The van der Waals surface area contributed by atoms with Crippen LogP contribution in [0.5, 0.6) is 0 Å². The molecular weight excluding hydrogens is 227 g/mol. The van der Waals surface area contributed by atoms with Crippen LogP contribution >= 0.6 is 0 Å². The maximum Gasteiger partial charge on any atom is 0.161 e. The Hall–Kier alpha value is -1.03. The van der Waals surface area contributed by atoms with E-state index in [0.717, 1.165) is 18.9 Å². The summed E-state index contributed by atoms with van der Waals surface area (Å²) in [6.07, 6.45) is 2.26. The first-order valence-electron chi connectivity index (χ1n) is 5.86. The third-order valence-corrected chi connectivity index (χ3v) is 3.58. The molecule has 0 saturated heterocycles. The van der Waals surface area contributed by atoms with Crippen LogP contribution in [0.15, 0.2) is 12.1 Å². The normalized spacial score (nSPS) is 19.1. The second-order valence-electron chi connectivity index (χ2n) is 4.75. The maximum atomic E-state index is 13.7. The average Bonchev–Trinajstić information content (AvgIpc) is 3.09. The van der Waals surface area contributed by atoms with Crippen LogP contribution in [0.25, 0.3) is 0 Å². The van der Waals surface area contributed by atoms with Crippen molar-refractivity contribution in [1.29, 1.82) is 0 Å². The summed E-state index contributed by atoms with van der Waals surface area (Å²) < 4.78 is 39.7. The van der Waals surface area contributed by atoms with Crippen LogP contribution in [0.4, 0.5) is 13.2 Å². The van der Waals surface area contributed by atoms with E-state index >= 15 is 0 Å². The van der Waals surface area contributed by atoms with Gasteiger partial charge in [0.2, 0.25) is 0 Å². The van der Waals surface area contributed by atoms with E-state index in [1.165, 1.54) is 0 Å². The molecule has 17 heavy (non-hydrogen) atoms. The Bertz CT molecular complexity index is 415. The third kappa shape index (κ3) is 2.46. The number of hydrogen-bond donors (Lipinski definition) is 1. The molecular formula is C13H16F3N. The van der Waals surface area contributed by atoms with E-state index in [9.17, 15) is 13.2 Å². The van der Waals surface area contributed by atoms with Gasteiger partial charge in [-0.1, -0.05) is 6.92 Å². The van der Waals surface area contributed by atoms with Crippen LogP contribution in [0.2, 0.25) is 0 Å². The van der Waals surface area contributed by atoms with E-state index in [4.69, 9.17) is 0 Å². The van der Waals surface area contributed by atoms with Crippen LogP contribution in [-0.4, -0.2) is 7.05 Å². The van der Waals surface area contributed by atoms with Crippen LogP contribution in [0.3, 0.4) is 0 Å². The molecule has 1 aliphatic rings. The van der Waals surface area contributed by atoms with Crippen molar-refractivity contribution in [2.45, 2.75) is 25.8 Å². The smallest absolute Gasteiger partial charge is 0.161 e. The highest BCUT2D eigenvalue weighted by Gasteiger charge is 2.34. The van der Waals surface area contributed by atoms with Gasteiger partial charge in [0, 0.05) is 17.7 Å². The molecule has 2 rings (SSSR count). The fourth-order valence-electron chi connectivity index (χ4n) is 2.37. The molecule has 1 aliphatic carbocycles. The molecule has 4 heteroatoms. The highest BCUT2D eigenvalue weighted by Crippen LogP contribution is 2.43. The van der Waals surface area contributed by atoms with Crippen molar-refractivity contribution in [1.82, 2.24) is 5.32 Å². The van der Waals surface area contributed by atoms with E-state index in [2.05, 4.69) is 5.32 Å². The van der Waals surface area contributed by atoms with Crippen molar-refractivity contribution >= 4 is 0 Å². The molecule has 1 saturated carbocycles. The minimum absolute atomic E-state index is 0.214. The Labute approximate surface area is 99.0 Å². The summed E-state index contributed by atoms with van der Waals surface area (Å²) in [6, 6.07) is 1.32. The first-order chi connectivity index (χ1) is 8.04. The summed E-state index contributed by atoms with van der Waals surface area (Å²) in [5.74, 6) is -2.04. The summed E-state index contributed by atoms with van der Waals surface area (Å²) in [5, 5.41) is 3.00. The highest BCUT2D eigenvalue weighted by molar-refractivity contribution is 5.24. The van der Waals surface area contributed by atoms with Gasteiger partial charge in [-0.05, 0) is 37.8 Å². The molecule has 1 aromatic carbocycles. The van der Waals surface area contributed by atoms with E-state index in [-0.39, 0.29) is 17.5 Å². The molecule has 0 amide bonds. The van der Waals surface area contributed by atoms with Crippen LogP contribution < -0.4 is 5.32 Å². The SMILES string of the molecule is CNC(c1cc(F)c(F)cc1F)C(C)C1CC1.